The molecule has 110 valence electrons. The molecule has 0 radical (unpaired) electrons. The van der Waals surface area contributed by atoms with Crippen LogP contribution in [0.2, 0.25) is 0 Å². The fraction of sp³-hybridized carbons (Fsp3) is 0.733. The van der Waals surface area contributed by atoms with Crippen molar-refractivity contribution in [1.29, 1.82) is 5.26 Å². The second-order valence-corrected chi connectivity index (χ2v) is 5.49. The van der Waals surface area contributed by atoms with Crippen molar-refractivity contribution in [3.05, 3.63) is 11.6 Å². The number of carbonyl (C=O) groups is 1. The Hall–Kier alpha value is -1.38. The topological polar surface area (TPSA) is 79.5 Å². The van der Waals surface area contributed by atoms with Gasteiger partial charge in [0.1, 0.15) is 0 Å². The molecule has 2 unspecified atom stereocenters. The van der Waals surface area contributed by atoms with Crippen LogP contribution in [0.25, 0.3) is 0 Å². The fourth-order valence-electron chi connectivity index (χ4n) is 3.49. The average molecular weight is 279 g/mol. The smallest absolute Gasteiger partial charge is 0.290 e. The Morgan fingerprint density at radius 2 is 2.00 bits per heavy atom. The zero-order valence-corrected chi connectivity index (χ0v) is 11.6. The quantitative estimate of drug-likeness (QED) is 0.544. The summed E-state index contributed by atoms with van der Waals surface area (Å²) in [6.07, 6.45) is 8.66. The number of ether oxygens (including phenoxy) is 2. The maximum atomic E-state index is 9.26. The number of rotatable bonds is 0. The van der Waals surface area contributed by atoms with E-state index in [9.17, 15) is 5.26 Å². The molecule has 20 heavy (non-hydrogen) atoms. The summed E-state index contributed by atoms with van der Waals surface area (Å²) in [5, 5.41) is 16.1. The molecule has 0 aromatic heterocycles. The van der Waals surface area contributed by atoms with Gasteiger partial charge in [0.2, 0.25) is 0 Å². The van der Waals surface area contributed by atoms with Gasteiger partial charge in [-0.05, 0) is 18.8 Å². The molecule has 1 saturated carbocycles. The van der Waals surface area contributed by atoms with Gasteiger partial charge in [0.25, 0.3) is 6.47 Å². The normalized spacial score (nSPS) is 31.1. The third-order valence-electron chi connectivity index (χ3n) is 4.34. The molecule has 0 bridgehead atoms. The molecule has 1 aliphatic heterocycles. The fourth-order valence-corrected chi connectivity index (χ4v) is 3.49. The van der Waals surface area contributed by atoms with Gasteiger partial charge in [0, 0.05) is 12.8 Å². The van der Waals surface area contributed by atoms with Crippen molar-refractivity contribution >= 4 is 6.47 Å². The van der Waals surface area contributed by atoms with Gasteiger partial charge in [-0.15, -0.1) is 0 Å². The molecule has 1 spiro atoms. The molecule has 3 rings (SSSR count). The first kappa shape index (κ1) is 15.0. The summed E-state index contributed by atoms with van der Waals surface area (Å²) in [6, 6.07) is 2.47. The molecule has 0 amide bonds. The Balaban J connectivity index is 0.000000452. The SMILES string of the molecule is N#CC1CCCCC2CC3(CC=C12)OCCO3.O=CO. The van der Waals surface area contributed by atoms with Gasteiger partial charge in [0.05, 0.1) is 25.2 Å². The third-order valence-corrected chi connectivity index (χ3v) is 4.34. The summed E-state index contributed by atoms with van der Waals surface area (Å²) in [5.41, 5.74) is 1.37. The molecule has 2 atom stereocenters. The lowest BCUT2D eigenvalue weighted by atomic mass is 9.77. The molecule has 1 saturated heterocycles. The second kappa shape index (κ2) is 6.87. The Kier molecular flexibility index (Phi) is 5.16. The molecule has 2 aliphatic carbocycles. The lowest BCUT2D eigenvalue weighted by molar-refractivity contribution is -0.169. The van der Waals surface area contributed by atoms with Crippen molar-refractivity contribution < 1.29 is 19.4 Å². The van der Waals surface area contributed by atoms with E-state index in [-0.39, 0.29) is 18.2 Å². The van der Waals surface area contributed by atoms with E-state index in [4.69, 9.17) is 19.4 Å². The molecular weight excluding hydrogens is 258 g/mol. The summed E-state index contributed by atoms with van der Waals surface area (Å²) in [7, 11) is 0. The highest BCUT2D eigenvalue weighted by Crippen LogP contribution is 2.45. The van der Waals surface area contributed by atoms with Crippen LogP contribution in [0.1, 0.15) is 38.5 Å². The summed E-state index contributed by atoms with van der Waals surface area (Å²) in [5.74, 6) is 0.300. The predicted octanol–water partition coefficient (Wildman–Crippen LogP) is 2.48. The minimum atomic E-state index is -0.349. The Morgan fingerprint density at radius 3 is 2.65 bits per heavy atom. The van der Waals surface area contributed by atoms with Gasteiger partial charge in [-0.1, -0.05) is 24.5 Å². The first-order chi connectivity index (χ1) is 9.74. The van der Waals surface area contributed by atoms with E-state index in [1.165, 1.54) is 24.8 Å². The van der Waals surface area contributed by atoms with Crippen LogP contribution in [0.15, 0.2) is 11.6 Å². The van der Waals surface area contributed by atoms with Crippen molar-refractivity contribution in [3.8, 4) is 6.07 Å². The van der Waals surface area contributed by atoms with E-state index in [0.29, 0.717) is 5.92 Å². The zero-order chi connectivity index (χ0) is 14.4. The summed E-state index contributed by atoms with van der Waals surface area (Å²) in [4.78, 5) is 8.36. The number of carboxylic acid groups (broad SMARTS) is 1. The number of nitriles is 1. The molecule has 0 aromatic rings. The van der Waals surface area contributed by atoms with Gasteiger partial charge in [0.15, 0.2) is 5.79 Å². The standard InChI is InChI=1S/C14H19NO2.CH2O2/c15-10-12-4-2-1-3-11-9-14(6-5-13(11)12)16-7-8-17-14;2-1-3/h5,11-12H,1-4,6-9H2;1H,(H,2,3). The number of hydrogen-bond acceptors (Lipinski definition) is 4. The predicted molar refractivity (Wildman–Crippen MR) is 71.7 cm³/mol. The number of allylic oxidation sites excluding steroid dienone is 1. The van der Waals surface area contributed by atoms with Crippen molar-refractivity contribution in [2.45, 2.75) is 44.3 Å². The van der Waals surface area contributed by atoms with E-state index in [1.807, 2.05) is 0 Å². The van der Waals surface area contributed by atoms with Crippen molar-refractivity contribution in [2.75, 3.05) is 13.2 Å². The molecule has 1 N–H and O–H groups in total. The minimum Gasteiger partial charge on any atom is -0.483 e. The highest BCUT2D eigenvalue weighted by molar-refractivity contribution is 5.32. The minimum absolute atomic E-state index is 0.140. The van der Waals surface area contributed by atoms with Crippen LogP contribution in [0, 0.1) is 23.2 Å². The molecule has 5 nitrogen and oxygen atoms in total. The van der Waals surface area contributed by atoms with E-state index >= 15 is 0 Å². The Bertz CT molecular complexity index is 407. The maximum Gasteiger partial charge on any atom is 0.290 e. The number of nitrogens with zero attached hydrogens (tertiary/aromatic N) is 1. The largest absolute Gasteiger partial charge is 0.483 e. The summed E-state index contributed by atoms with van der Waals surface area (Å²) >= 11 is 0. The average Bonchev–Trinajstić information content (AvgIpc) is 2.79. The van der Waals surface area contributed by atoms with Crippen molar-refractivity contribution in [2.24, 2.45) is 11.8 Å². The van der Waals surface area contributed by atoms with Crippen LogP contribution in [-0.2, 0) is 14.3 Å². The van der Waals surface area contributed by atoms with Gasteiger partial charge in [-0.3, -0.25) is 4.79 Å². The van der Waals surface area contributed by atoms with E-state index < -0.39 is 0 Å². The summed E-state index contributed by atoms with van der Waals surface area (Å²) in [6.45, 7) is 1.19. The van der Waals surface area contributed by atoms with Crippen molar-refractivity contribution in [3.63, 3.8) is 0 Å². The number of fused-ring (bicyclic) bond motifs is 1. The van der Waals surface area contributed by atoms with Gasteiger partial charge >= 0.3 is 0 Å². The summed E-state index contributed by atoms with van der Waals surface area (Å²) < 4.78 is 11.6. The lowest BCUT2D eigenvalue weighted by Gasteiger charge is -2.36. The van der Waals surface area contributed by atoms with Crippen LogP contribution in [0.5, 0.6) is 0 Å². The van der Waals surface area contributed by atoms with E-state index in [1.54, 1.807) is 0 Å². The third kappa shape index (κ3) is 3.20. The highest BCUT2D eigenvalue weighted by atomic mass is 16.7. The first-order valence-corrected chi connectivity index (χ1v) is 7.20. The molecule has 3 aliphatic rings. The van der Waals surface area contributed by atoms with Crippen LogP contribution < -0.4 is 0 Å². The van der Waals surface area contributed by atoms with Crippen LogP contribution >= 0.6 is 0 Å². The molecule has 1 heterocycles. The maximum absolute atomic E-state index is 9.26. The highest BCUT2D eigenvalue weighted by Gasteiger charge is 2.43. The number of hydrogen-bond donors (Lipinski definition) is 1. The second-order valence-electron chi connectivity index (χ2n) is 5.49. The van der Waals surface area contributed by atoms with Crippen LogP contribution in [0.3, 0.4) is 0 Å². The Morgan fingerprint density at radius 1 is 1.35 bits per heavy atom. The van der Waals surface area contributed by atoms with Gasteiger partial charge in [-0.2, -0.15) is 5.26 Å². The first-order valence-electron chi connectivity index (χ1n) is 7.20. The van der Waals surface area contributed by atoms with E-state index in [0.717, 1.165) is 32.5 Å². The molecule has 0 aromatic carbocycles. The molecule has 5 heteroatoms. The van der Waals surface area contributed by atoms with Gasteiger partial charge < -0.3 is 14.6 Å². The molecular formula is C15H21NO4. The lowest BCUT2D eigenvalue weighted by Crippen LogP contribution is -2.36. The van der Waals surface area contributed by atoms with E-state index in [2.05, 4.69) is 12.1 Å². The van der Waals surface area contributed by atoms with Crippen LogP contribution in [-0.4, -0.2) is 30.6 Å². The zero-order valence-electron chi connectivity index (χ0n) is 11.6. The Labute approximate surface area is 119 Å². The van der Waals surface area contributed by atoms with Crippen LogP contribution in [0.4, 0.5) is 0 Å². The monoisotopic (exact) mass is 279 g/mol. The van der Waals surface area contributed by atoms with Crippen molar-refractivity contribution in [1.82, 2.24) is 0 Å². The molecule has 2 fully saturated rings. The van der Waals surface area contributed by atoms with Gasteiger partial charge in [-0.25, -0.2) is 0 Å².